The van der Waals surface area contributed by atoms with E-state index in [4.69, 9.17) is 0 Å². The first-order valence-corrected chi connectivity index (χ1v) is 4.12. The van der Waals surface area contributed by atoms with Crippen LogP contribution < -0.4 is 0 Å². The number of fused-ring (bicyclic) bond motifs is 1. The van der Waals surface area contributed by atoms with Gasteiger partial charge in [-0.15, -0.1) is 0 Å². The summed E-state index contributed by atoms with van der Waals surface area (Å²) in [5.41, 5.74) is 0.174. The number of rotatable bonds is 1. The van der Waals surface area contributed by atoms with Crippen LogP contribution in [-0.2, 0) is 21.3 Å². The molecule has 2 rings (SSSR count). The Morgan fingerprint density at radius 2 is 2.29 bits per heavy atom. The number of nitrogens with zero attached hydrogens (tertiary/aromatic N) is 4. The van der Waals surface area contributed by atoms with Crippen molar-refractivity contribution in [2.45, 2.75) is 0 Å². The van der Waals surface area contributed by atoms with E-state index in [2.05, 4.69) is 31.6 Å². The van der Waals surface area contributed by atoms with Gasteiger partial charge < -0.3 is 0 Å². The van der Waals surface area contributed by atoms with Crippen LogP contribution in [0.2, 0.25) is 0 Å². The summed E-state index contributed by atoms with van der Waals surface area (Å²) in [5, 5.41) is 27.0. The maximum absolute atomic E-state index is 10.5. The standard InChI is InChI=1S/C6H3N4O3.Ag/c11-6-4(10(12)13)2-1-3-5(6)8-9-7-3;/h1-2H,(H-,7,8,9,11);/q-1;+1. The molecule has 76 valence electrons. The minimum absolute atomic E-state index is 0.0930. The van der Waals surface area contributed by atoms with Crippen LogP contribution in [0, 0.1) is 10.1 Å². The van der Waals surface area contributed by atoms with Crippen molar-refractivity contribution in [3.8, 4) is 5.75 Å². The summed E-state index contributed by atoms with van der Waals surface area (Å²) in [5.74, 6) is -0.474. The van der Waals surface area contributed by atoms with Crippen molar-refractivity contribution in [1.82, 2.24) is 13.4 Å². The third kappa shape index (κ3) is 1.18. The number of aromatic nitrogens is 3. The van der Waals surface area contributed by atoms with E-state index >= 15 is 0 Å². The molecule has 2 aromatic rings. The number of benzene rings is 1. The molecule has 0 saturated carbocycles. The maximum atomic E-state index is 10.5. The van der Waals surface area contributed by atoms with Crippen molar-refractivity contribution in [2.75, 3.05) is 0 Å². The Balaban J connectivity index is 2.82. The molecule has 0 aliphatic rings. The fourth-order valence-corrected chi connectivity index (χ4v) is 1.40. The van der Waals surface area contributed by atoms with E-state index in [1.54, 1.807) is 0 Å². The van der Waals surface area contributed by atoms with Gasteiger partial charge in [0.05, 0.1) is 0 Å². The van der Waals surface area contributed by atoms with Gasteiger partial charge in [0.15, 0.2) is 0 Å². The normalized spacial score (nSPS) is 10.7. The van der Waals surface area contributed by atoms with Crippen LogP contribution in [0.15, 0.2) is 12.1 Å². The third-order valence-corrected chi connectivity index (χ3v) is 2.19. The summed E-state index contributed by atoms with van der Waals surface area (Å²) in [6.07, 6.45) is 0. The Hall–Kier alpha value is -1.44. The fraction of sp³-hybridized carbons (Fsp3) is 0. The van der Waals surface area contributed by atoms with Gasteiger partial charge in [-0.1, -0.05) is 0 Å². The summed E-state index contributed by atoms with van der Waals surface area (Å²) in [6, 6.07) is 2.64. The number of aromatic hydroxyl groups is 1. The molecule has 7 nitrogen and oxygen atoms in total. The van der Waals surface area contributed by atoms with Crippen LogP contribution in [0.5, 0.6) is 5.75 Å². The molecule has 1 aromatic carbocycles. The first-order chi connectivity index (χ1) is 6.61. The van der Waals surface area contributed by atoms with Gasteiger partial charge in [0.1, 0.15) is 0 Å². The van der Waals surface area contributed by atoms with Crippen LogP contribution in [0.3, 0.4) is 0 Å². The van der Waals surface area contributed by atoms with Gasteiger partial charge in [0, 0.05) is 0 Å². The molecule has 0 aliphatic heterocycles. The molecule has 0 fully saturated rings. The van der Waals surface area contributed by atoms with Crippen LogP contribution in [0.25, 0.3) is 11.0 Å². The van der Waals surface area contributed by atoms with Crippen molar-refractivity contribution in [2.24, 2.45) is 0 Å². The molecular formula is C6H3AgN4O3. The average Bonchev–Trinajstić information content (AvgIpc) is 2.49. The van der Waals surface area contributed by atoms with Crippen molar-refractivity contribution in [1.29, 1.82) is 0 Å². The van der Waals surface area contributed by atoms with Gasteiger partial charge in [-0.25, -0.2) is 0 Å². The molecule has 0 amide bonds. The van der Waals surface area contributed by atoms with Crippen molar-refractivity contribution < 1.29 is 31.4 Å². The summed E-state index contributed by atoms with van der Waals surface area (Å²) < 4.78 is 1.24. The molecule has 0 aliphatic carbocycles. The predicted octanol–water partition coefficient (Wildman–Crippen LogP) is 0.355. The summed E-state index contributed by atoms with van der Waals surface area (Å²) in [4.78, 5) is 9.77. The molecule has 1 aromatic heterocycles. The Morgan fingerprint density at radius 3 is 2.93 bits per heavy atom. The van der Waals surface area contributed by atoms with Gasteiger partial charge in [0.2, 0.25) is 0 Å². The van der Waals surface area contributed by atoms with Gasteiger partial charge in [-0.05, 0) is 0 Å². The van der Waals surface area contributed by atoms with Gasteiger partial charge in [0.25, 0.3) is 0 Å². The second kappa shape index (κ2) is 3.05. The Labute approximate surface area is 89.7 Å². The number of hydrogen-bond donors (Lipinski definition) is 1. The first kappa shape index (κ1) is 9.13. The van der Waals surface area contributed by atoms with E-state index in [1.165, 1.54) is 15.2 Å². The molecule has 1 heterocycles. The van der Waals surface area contributed by atoms with E-state index in [-0.39, 0.29) is 11.2 Å². The number of nitro groups is 1. The first-order valence-electron chi connectivity index (χ1n) is 3.46. The number of phenolic OH excluding ortho intramolecular Hbond substituents is 1. The van der Waals surface area contributed by atoms with Crippen LogP contribution >= 0.6 is 0 Å². The Morgan fingerprint density at radius 1 is 1.57 bits per heavy atom. The minimum atomic E-state index is -0.679. The second-order valence-electron chi connectivity index (χ2n) is 2.48. The third-order valence-electron chi connectivity index (χ3n) is 1.70. The zero-order chi connectivity index (χ0) is 10.3. The summed E-state index contributed by atoms with van der Waals surface area (Å²) in [7, 11) is 0. The van der Waals surface area contributed by atoms with Crippen LogP contribution in [-0.4, -0.2) is 23.4 Å². The zero-order valence-corrected chi connectivity index (χ0v) is 7.99. The molecule has 0 spiro atoms. The Kier molecular flexibility index (Phi) is 1.99. The topological polar surface area (TPSA) is 94.1 Å². The van der Waals surface area contributed by atoms with Gasteiger partial charge in [-0.2, -0.15) is 0 Å². The predicted molar refractivity (Wildman–Crippen MR) is 41.2 cm³/mol. The van der Waals surface area contributed by atoms with E-state index in [1.807, 2.05) is 0 Å². The SMILES string of the molecule is O=[N+]([O-])c1ccc2c(nn[n]2[Ag])c1O. The number of phenols is 1. The molecule has 0 atom stereocenters. The fourth-order valence-electron chi connectivity index (χ4n) is 1.07. The quantitative estimate of drug-likeness (QED) is 0.464. The van der Waals surface area contributed by atoms with Gasteiger partial charge in [-0.3, -0.25) is 0 Å². The van der Waals surface area contributed by atoms with E-state index in [9.17, 15) is 15.2 Å². The van der Waals surface area contributed by atoms with Crippen LogP contribution in [0.4, 0.5) is 5.69 Å². The molecule has 0 saturated heterocycles. The monoisotopic (exact) mass is 286 g/mol. The summed E-state index contributed by atoms with van der Waals surface area (Å²) in [6.45, 7) is 0. The van der Waals surface area contributed by atoms with Crippen molar-refractivity contribution in [3.63, 3.8) is 0 Å². The van der Waals surface area contributed by atoms with E-state index in [0.717, 1.165) is 0 Å². The molecule has 1 N–H and O–H groups in total. The van der Waals surface area contributed by atoms with Crippen molar-refractivity contribution >= 4 is 16.7 Å². The average molecular weight is 287 g/mol. The molecular weight excluding hydrogens is 284 g/mol. The number of nitro benzene ring substituents is 1. The van der Waals surface area contributed by atoms with Crippen molar-refractivity contribution in [3.05, 3.63) is 22.2 Å². The molecule has 14 heavy (non-hydrogen) atoms. The molecule has 8 heteroatoms. The van der Waals surface area contributed by atoms with E-state index < -0.39 is 10.7 Å². The number of hydrogen-bond acceptors (Lipinski definition) is 5. The van der Waals surface area contributed by atoms with Crippen LogP contribution in [0.1, 0.15) is 0 Å². The summed E-state index contributed by atoms with van der Waals surface area (Å²) >= 11 is 3.04. The molecule has 0 bridgehead atoms. The molecule has 0 unspecified atom stereocenters. The van der Waals surface area contributed by atoms with E-state index in [0.29, 0.717) is 5.52 Å². The second-order valence-corrected chi connectivity index (χ2v) is 3.10. The zero-order valence-electron chi connectivity index (χ0n) is 6.51. The van der Waals surface area contributed by atoms with Gasteiger partial charge >= 0.3 is 89.5 Å². The molecule has 0 radical (unpaired) electrons. The Bertz CT molecular complexity index is 523.